The molecule has 2 nitrogen and oxygen atoms in total. The summed E-state index contributed by atoms with van der Waals surface area (Å²) in [5, 5.41) is 8.05. The lowest BCUT2D eigenvalue weighted by Crippen LogP contribution is -1.94. The van der Waals surface area contributed by atoms with E-state index in [-0.39, 0.29) is 23.3 Å². The Morgan fingerprint density at radius 3 is 2.00 bits per heavy atom. The average Bonchev–Trinajstić information content (AvgIpc) is 2.06. The number of aliphatic carboxylic acids is 1. The highest BCUT2D eigenvalue weighted by Gasteiger charge is 2.28. The summed E-state index contributed by atoms with van der Waals surface area (Å²) in [6.07, 6.45) is 1.80. The van der Waals surface area contributed by atoms with E-state index in [1.807, 2.05) is 0 Å². The lowest BCUT2D eigenvalue weighted by atomic mass is 10.5. The number of carboxylic acid groups (broad SMARTS) is 1. The van der Waals surface area contributed by atoms with Crippen molar-refractivity contribution in [3.8, 4) is 0 Å². The summed E-state index contributed by atoms with van der Waals surface area (Å²) < 4.78 is 0. The first kappa shape index (κ1) is 7.00. The molecule has 0 radical (unpaired) electrons. The van der Waals surface area contributed by atoms with Gasteiger partial charge in [-0.2, -0.15) is 0 Å². The minimum atomic E-state index is -0.630. The van der Waals surface area contributed by atoms with Crippen LogP contribution < -0.4 is 0 Å². The number of carboxylic acids is 1. The normalized spacial score (nSPS) is 17.7. The third kappa shape index (κ3) is 1.96. The molecule has 3 heteroatoms. The van der Waals surface area contributed by atoms with Crippen LogP contribution >= 0.6 is 0 Å². The second-order valence-electron chi connectivity index (χ2n) is 1.61. The average molecular weight is 116 g/mol. The molecule has 0 spiro atoms. The van der Waals surface area contributed by atoms with Gasteiger partial charge in [-0.1, -0.05) is 0 Å². The van der Waals surface area contributed by atoms with Crippen molar-refractivity contribution in [3.63, 3.8) is 0 Å². The molecule has 0 unspecified atom stereocenters. The molecule has 1 fully saturated rings. The van der Waals surface area contributed by atoms with Gasteiger partial charge in [0.2, 0.25) is 0 Å². The third-order valence-corrected chi connectivity index (χ3v) is 0.927. The van der Waals surface area contributed by atoms with Crippen LogP contribution in [0.4, 0.5) is 0 Å². The van der Waals surface area contributed by atoms with Crippen molar-refractivity contribution in [1.82, 2.24) is 0 Å². The van der Waals surface area contributed by atoms with Gasteiger partial charge in [0.15, 0.2) is 17.4 Å². The monoisotopic (exact) mass is 116 g/mol. The maximum Gasteiger partial charge on any atom is 0.306 e. The number of rotatable bonds is 1. The first-order valence-electron chi connectivity index (χ1n) is 2.03. The van der Waals surface area contributed by atoms with E-state index in [1.54, 1.807) is 0 Å². The first-order chi connectivity index (χ1) is 2.80. The van der Waals surface area contributed by atoms with Crippen molar-refractivity contribution in [2.24, 2.45) is 5.92 Å². The Kier molecular flexibility index (Phi) is 2.35. The van der Waals surface area contributed by atoms with Crippen molar-refractivity contribution in [2.75, 3.05) is 0 Å². The standard InChI is InChI=1S/C4H6O2.Al.3H/c5-4(6)3-1-2-3;;;;/h3H,1-2H2,(H,5,6);;;;. The molecule has 1 aliphatic carbocycles. The fraction of sp³-hybridized carbons (Fsp3) is 0.750. The molecular formula is C4H9AlO2. The van der Waals surface area contributed by atoms with Gasteiger partial charge >= 0.3 is 5.97 Å². The van der Waals surface area contributed by atoms with E-state index in [9.17, 15) is 4.79 Å². The molecule has 0 aliphatic heterocycles. The fourth-order valence-electron chi connectivity index (χ4n) is 0.330. The van der Waals surface area contributed by atoms with Gasteiger partial charge in [-0.25, -0.2) is 0 Å². The predicted molar refractivity (Wildman–Crippen MR) is 30.3 cm³/mol. The van der Waals surface area contributed by atoms with E-state index in [1.165, 1.54) is 0 Å². The number of carbonyl (C=O) groups is 1. The summed E-state index contributed by atoms with van der Waals surface area (Å²) >= 11 is 0. The van der Waals surface area contributed by atoms with Crippen LogP contribution in [0.1, 0.15) is 12.8 Å². The van der Waals surface area contributed by atoms with Crippen molar-refractivity contribution in [3.05, 3.63) is 0 Å². The van der Waals surface area contributed by atoms with E-state index in [2.05, 4.69) is 0 Å². The molecule has 1 rings (SSSR count). The Hall–Kier alpha value is 0.00247. The van der Waals surface area contributed by atoms with Gasteiger partial charge in [-0.05, 0) is 12.8 Å². The summed E-state index contributed by atoms with van der Waals surface area (Å²) in [7, 11) is 0. The molecule has 1 saturated carbocycles. The zero-order valence-corrected chi connectivity index (χ0v) is 3.35. The molecule has 0 atom stereocenters. The molecule has 0 aromatic rings. The lowest BCUT2D eigenvalue weighted by Gasteiger charge is -1.75. The highest BCUT2D eigenvalue weighted by atomic mass is 27.0. The van der Waals surface area contributed by atoms with Crippen LogP contribution in [-0.2, 0) is 4.79 Å². The third-order valence-electron chi connectivity index (χ3n) is 0.927. The Morgan fingerprint density at radius 1 is 1.57 bits per heavy atom. The largest absolute Gasteiger partial charge is 0.481 e. The molecule has 0 amide bonds. The van der Waals surface area contributed by atoms with E-state index in [0.717, 1.165) is 12.8 Å². The Bertz CT molecular complexity index is 77.8. The number of hydrogen-bond acceptors (Lipinski definition) is 1. The molecule has 0 saturated heterocycles. The van der Waals surface area contributed by atoms with Gasteiger partial charge in [0.25, 0.3) is 0 Å². The van der Waals surface area contributed by atoms with Gasteiger partial charge < -0.3 is 5.11 Å². The Morgan fingerprint density at radius 2 is 2.00 bits per heavy atom. The van der Waals surface area contributed by atoms with Crippen LogP contribution in [-0.4, -0.2) is 28.4 Å². The van der Waals surface area contributed by atoms with Gasteiger partial charge in [-0.15, -0.1) is 0 Å². The van der Waals surface area contributed by atoms with E-state index < -0.39 is 5.97 Å². The summed E-state index contributed by atoms with van der Waals surface area (Å²) in [6.45, 7) is 0. The zero-order valence-electron chi connectivity index (χ0n) is 3.35. The van der Waals surface area contributed by atoms with Gasteiger partial charge in [0.1, 0.15) is 0 Å². The van der Waals surface area contributed by atoms with Gasteiger partial charge in [-0.3, -0.25) is 4.79 Å². The molecule has 0 heterocycles. The Balaban J connectivity index is 0.000000360. The highest BCUT2D eigenvalue weighted by molar-refractivity contribution is 5.75. The van der Waals surface area contributed by atoms with E-state index in [0.29, 0.717) is 0 Å². The minimum absolute atomic E-state index is 0. The summed E-state index contributed by atoms with van der Waals surface area (Å²) in [5.74, 6) is -0.611. The molecule has 0 bridgehead atoms. The van der Waals surface area contributed by atoms with Crippen LogP contribution in [0.3, 0.4) is 0 Å². The second kappa shape index (κ2) is 2.35. The van der Waals surface area contributed by atoms with Crippen molar-refractivity contribution in [1.29, 1.82) is 0 Å². The zero-order chi connectivity index (χ0) is 4.57. The topological polar surface area (TPSA) is 37.3 Å². The Labute approximate surface area is 52.7 Å². The van der Waals surface area contributed by atoms with Crippen LogP contribution in [0.2, 0.25) is 0 Å². The predicted octanol–water partition coefficient (Wildman–Crippen LogP) is -0.703. The minimum Gasteiger partial charge on any atom is -0.481 e. The lowest BCUT2D eigenvalue weighted by molar-refractivity contribution is -0.138. The molecule has 0 aromatic heterocycles. The summed E-state index contributed by atoms with van der Waals surface area (Å²) in [5.41, 5.74) is 0. The van der Waals surface area contributed by atoms with E-state index in [4.69, 9.17) is 5.11 Å². The highest BCUT2D eigenvalue weighted by Crippen LogP contribution is 2.28. The second-order valence-corrected chi connectivity index (χ2v) is 1.61. The van der Waals surface area contributed by atoms with E-state index >= 15 is 0 Å². The molecule has 40 valence electrons. The maximum absolute atomic E-state index is 9.76. The first-order valence-corrected chi connectivity index (χ1v) is 2.03. The van der Waals surface area contributed by atoms with Crippen molar-refractivity contribution >= 4 is 23.3 Å². The number of hydrogen-bond donors (Lipinski definition) is 1. The fourth-order valence-corrected chi connectivity index (χ4v) is 0.330. The summed E-state index contributed by atoms with van der Waals surface area (Å²) in [4.78, 5) is 9.76. The van der Waals surface area contributed by atoms with Crippen LogP contribution in [0.25, 0.3) is 0 Å². The molecule has 7 heavy (non-hydrogen) atoms. The van der Waals surface area contributed by atoms with Crippen LogP contribution in [0.15, 0.2) is 0 Å². The van der Waals surface area contributed by atoms with Crippen LogP contribution in [0.5, 0.6) is 0 Å². The molecule has 1 N–H and O–H groups in total. The van der Waals surface area contributed by atoms with Gasteiger partial charge in [0, 0.05) is 0 Å². The smallest absolute Gasteiger partial charge is 0.306 e. The maximum atomic E-state index is 9.76. The van der Waals surface area contributed by atoms with Gasteiger partial charge in [0.05, 0.1) is 5.92 Å². The van der Waals surface area contributed by atoms with Crippen LogP contribution in [0, 0.1) is 5.92 Å². The molecular weight excluding hydrogens is 107 g/mol. The quantitative estimate of drug-likeness (QED) is 0.460. The van der Waals surface area contributed by atoms with Crippen molar-refractivity contribution in [2.45, 2.75) is 12.8 Å². The molecule has 1 aliphatic rings. The van der Waals surface area contributed by atoms with Crippen molar-refractivity contribution < 1.29 is 9.90 Å². The molecule has 0 aromatic carbocycles. The summed E-state index contributed by atoms with van der Waals surface area (Å²) in [6, 6.07) is 0. The SMILES string of the molecule is O=C(O)C1CC1.[AlH3].